The zero-order chi connectivity index (χ0) is 48.7. The molecule has 2 rings (SSSR count). The lowest BCUT2D eigenvalue weighted by molar-refractivity contribution is -0.143. The van der Waals surface area contributed by atoms with Crippen molar-refractivity contribution < 1.29 is 83.1 Å². The number of aromatic nitrogens is 1. The Bertz CT molecular complexity index is 2040. The molecule has 0 fully saturated rings. The van der Waals surface area contributed by atoms with Crippen LogP contribution >= 0.6 is 0 Å². The third kappa shape index (κ3) is 20.7. The van der Waals surface area contributed by atoms with Gasteiger partial charge in [0, 0.05) is 30.4 Å². The lowest BCUT2D eigenvalue weighted by Gasteiger charge is -2.22. The van der Waals surface area contributed by atoms with E-state index in [0.29, 0.717) is 0 Å². The van der Waals surface area contributed by atoms with Gasteiger partial charge in [0.15, 0.2) is 0 Å². The number of aliphatic carboxylic acids is 4. The Labute approximate surface area is 363 Å². The smallest absolute Gasteiger partial charge is 0.326 e. The molecule has 0 unspecified atom stereocenters. The van der Waals surface area contributed by atoms with Crippen LogP contribution in [0.2, 0.25) is 0 Å². The molecular weight excluding hydrogens is 856 g/mol. The summed E-state index contributed by atoms with van der Waals surface area (Å²) in [4.78, 5) is 146. The molecule has 8 amide bonds. The highest BCUT2D eigenvalue weighted by Crippen LogP contribution is 2.18. The van der Waals surface area contributed by atoms with E-state index >= 15 is 0 Å². The van der Waals surface area contributed by atoms with Gasteiger partial charge in [0.25, 0.3) is 5.97 Å². The number of para-hydroxylation sites is 1. The number of carbonyl (C=O) groups excluding carboxylic acids is 8. The fraction of sp³-hybridized carbons (Fsp3) is 0.459. The normalized spacial score (nSPS) is 13.3. The predicted molar refractivity (Wildman–Crippen MR) is 217 cm³/mol. The third-order valence-electron chi connectivity index (χ3n) is 8.37. The molecule has 0 aliphatic rings. The second kappa shape index (κ2) is 27.3. The number of amides is 8. The van der Waals surface area contributed by atoms with Gasteiger partial charge in [-0.3, -0.25) is 52.7 Å². The molecule has 0 radical (unpaired) electrons. The van der Waals surface area contributed by atoms with Crippen LogP contribution in [0.3, 0.4) is 0 Å². The minimum atomic E-state index is -1.78. The zero-order valence-corrected chi connectivity index (χ0v) is 34.7. The number of aliphatic hydroxyl groups excluding tert-OH is 1. The number of carboxylic acids is 4. The second-order valence-electron chi connectivity index (χ2n) is 13.7. The molecule has 27 nitrogen and oxygen atoms in total. The molecule has 2 aromatic rings. The van der Waals surface area contributed by atoms with Crippen LogP contribution < -0.4 is 48.3 Å². The van der Waals surface area contributed by atoms with Crippen molar-refractivity contribution in [2.75, 3.05) is 26.2 Å². The fourth-order valence-corrected chi connectivity index (χ4v) is 5.14. The van der Waals surface area contributed by atoms with Crippen molar-refractivity contribution in [3.63, 3.8) is 0 Å². The van der Waals surface area contributed by atoms with Gasteiger partial charge in [-0.25, -0.2) is 4.79 Å². The summed E-state index contributed by atoms with van der Waals surface area (Å²) >= 11 is 0. The topological polar surface area (TPSA) is 444 Å². The van der Waals surface area contributed by atoms with E-state index in [0.717, 1.165) is 30.3 Å². The van der Waals surface area contributed by atoms with Gasteiger partial charge >= 0.3 is 17.9 Å². The monoisotopic (exact) mass is 908 g/mol. The van der Waals surface area contributed by atoms with Crippen molar-refractivity contribution in [2.45, 2.75) is 82.7 Å². The van der Waals surface area contributed by atoms with E-state index in [1.54, 1.807) is 6.20 Å². The number of H-pyrrole nitrogens is 1. The van der Waals surface area contributed by atoms with E-state index in [4.69, 9.17) is 25.8 Å². The Kier molecular flexibility index (Phi) is 23.2. The standard InChI is InChI=1S/C35H48N10O15.C2H4O2/c1-16(41-32(56)20(36)9-18-11-37-21-6-4-3-5-19(18)21)30(54)39-12-25(47)38-13-26(48)44-23(10-29(52)53)34(58)42-17(2)31(55)45-24(15-46)33(57)40-14-27(49)43-22(35(59)60)7-8-28(50)51;1-2(3)4/h3-6,11,16-17,20,22-24,37,46H,7-10,12-15,36H2,1-2H3,(H,38,47)(H,39,54)(H,40,57)(H,41,56)(H,42,58)(H,43,49)(H,44,48)(H,45,55)(H,50,51)(H,52,53)(H,59,60);1H3,(H,3,4)/t16-,17-,20-,22-,23-,24-;/m0./s1. The van der Waals surface area contributed by atoms with Gasteiger partial charge in [-0.1, -0.05) is 18.2 Å². The van der Waals surface area contributed by atoms with Gasteiger partial charge in [0.05, 0.1) is 38.7 Å². The molecule has 1 heterocycles. The van der Waals surface area contributed by atoms with Crippen LogP contribution in [0.1, 0.15) is 45.6 Å². The van der Waals surface area contributed by atoms with Gasteiger partial charge in [-0.15, -0.1) is 0 Å². The molecule has 352 valence electrons. The average molecular weight is 909 g/mol. The number of nitrogens with two attached hydrogens (primary N) is 1. The summed E-state index contributed by atoms with van der Waals surface area (Å²) in [6.45, 7) is 0.282. The first-order valence-electron chi connectivity index (χ1n) is 19.0. The van der Waals surface area contributed by atoms with Crippen molar-refractivity contribution in [1.29, 1.82) is 0 Å². The molecule has 64 heavy (non-hydrogen) atoms. The Balaban J connectivity index is 0.00000490. The maximum Gasteiger partial charge on any atom is 0.326 e. The van der Waals surface area contributed by atoms with Crippen molar-refractivity contribution >= 4 is 82.0 Å². The maximum atomic E-state index is 12.9. The number of carboxylic acid groups (broad SMARTS) is 4. The number of aliphatic hydroxyl groups is 1. The molecule has 0 aliphatic heterocycles. The number of fused-ring (bicyclic) bond motifs is 1. The summed E-state index contributed by atoms with van der Waals surface area (Å²) in [7, 11) is 0. The highest BCUT2D eigenvalue weighted by Gasteiger charge is 2.29. The van der Waals surface area contributed by atoms with E-state index in [1.807, 2.05) is 34.9 Å². The van der Waals surface area contributed by atoms with E-state index in [1.165, 1.54) is 6.92 Å². The summed E-state index contributed by atoms with van der Waals surface area (Å²) < 4.78 is 0. The van der Waals surface area contributed by atoms with Gasteiger partial charge in [-0.05, 0) is 38.3 Å². The molecule has 16 N–H and O–H groups in total. The Morgan fingerprint density at radius 3 is 1.73 bits per heavy atom. The third-order valence-corrected chi connectivity index (χ3v) is 8.37. The quantitative estimate of drug-likeness (QED) is 0.0441. The van der Waals surface area contributed by atoms with Crippen LogP contribution in [0.15, 0.2) is 30.5 Å². The lowest BCUT2D eigenvalue weighted by Crippen LogP contribution is -2.58. The number of rotatable bonds is 25. The molecule has 1 aromatic carbocycles. The van der Waals surface area contributed by atoms with Crippen LogP contribution in [-0.2, 0) is 64.0 Å². The molecule has 1 aromatic heterocycles. The highest BCUT2D eigenvalue weighted by atomic mass is 16.4. The van der Waals surface area contributed by atoms with Gasteiger partial charge in [0.1, 0.15) is 30.2 Å². The summed E-state index contributed by atoms with van der Waals surface area (Å²) in [5.41, 5.74) is 7.70. The van der Waals surface area contributed by atoms with Crippen molar-refractivity contribution in [3.05, 3.63) is 36.0 Å². The summed E-state index contributed by atoms with van der Waals surface area (Å²) in [5, 5.41) is 62.3. The van der Waals surface area contributed by atoms with Crippen molar-refractivity contribution in [1.82, 2.24) is 47.5 Å². The number of benzene rings is 1. The van der Waals surface area contributed by atoms with E-state index < -0.39 is 153 Å². The van der Waals surface area contributed by atoms with Crippen LogP contribution in [0, 0.1) is 0 Å². The molecule has 0 saturated heterocycles. The van der Waals surface area contributed by atoms with E-state index in [9.17, 15) is 63.0 Å². The number of nitrogens with one attached hydrogen (secondary N) is 9. The highest BCUT2D eigenvalue weighted by molar-refractivity contribution is 5.97. The molecule has 0 aliphatic carbocycles. The summed E-state index contributed by atoms with van der Waals surface area (Å²) in [6, 6.07) is -1.25. The van der Waals surface area contributed by atoms with E-state index in [-0.39, 0.29) is 6.42 Å². The zero-order valence-electron chi connectivity index (χ0n) is 34.7. The van der Waals surface area contributed by atoms with Gasteiger partial charge < -0.3 is 78.8 Å². The van der Waals surface area contributed by atoms with E-state index in [2.05, 4.69) is 36.9 Å². The van der Waals surface area contributed by atoms with Gasteiger partial charge in [-0.2, -0.15) is 0 Å². The average Bonchev–Trinajstić information content (AvgIpc) is 3.62. The van der Waals surface area contributed by atoms with Crippen LogP contribution in [0.4, 0.5) is 0 Å². The minimum absolute atomic E-state index is 0.177. The van der Waals surface area contributed by atoms with Gasteiger partial charge in [0.2, 0.25) is 47.3 Å². The molecule has 0 spiro atoms. The lowest BCUT2D eigenvalue weighted by atomic mass is 10.0. The number of hydrogen-bond acceptors (Lipinski definition) is 14. The van der Waals surface area contributed by atoms with Crippen molar-refractivity contribution in [3.8, 4) is 0 Å². The first-order valence-corrected chi connectivity index (χ1v) is 19.0. The largest absolute Gasteiger partial charge is 0.481 e. The molecule has 6 atom stereocenters. The molecule has 0 bridgehead atoms. The van der Waals surface area contributed by atoms with Crippen molar-refractivity contribution in [2.24, 2.45) is 5.73 Å². The molecular formula is C37H52N10O17. The predicted octanol–water partition coefficient (Wildman–Crippen LogP) is -5.64. The van der Waals surface area contributed by atoms with Crippen LogP contribution in [0.5, 0.6) is 0 Å². The fourth-order valence-electron chi connectivity index (χ4n) is 5.14. The van der Waals surface area contributed by atoms with Crippen LogP contribution in [-0.4, -0.2) is 164 Å². The van der Waals surface area contributed by atoms with Crippen LogP contribution in [0.25, 0.3) is 10.9 Å². The second-order valence-corrected chi connectivity index (χ2v) is 13.7. The summed E-state index contributed by atoms with van der Waals surface area (Å²) in [6.07, 6.45) is -0.0949. The SMILES string of the molecule is CC(=O)O.C[C@H](NC(=O)[C@H](CC(=O)O)NC(=O)CNC(=O)CNC(=O)[C@H](C)NC(=O)[C@@H](N)Cc1c[nH]c2ccccc12)C(=O)N[C@@H](CO)C(=O)NCC(=O)N[C@@H](CCC(=O)O)C(=O)O. The number of aromatic amines is 1. The molecule has 0 saturated carbocycles. The minimum Gasteiger partial charge on any atom is -0.481 e. The Morgan fingerprint density at radius 1 is 0.625 bits per heavy atom. The Morgan fingerprint density at radius 2 is 1.16 bits per heavy atom. The molecule has 27 heteroatoms. The maximum absolute atomic E-state index is 12.9. The number of carbonyl (C=O) groups is 12. The Hall–Kier alpha value is -7.68. The first-order chi connectivity index (χ1) is 29.9. The first kappa shape index (κ1) is 54.3. The number of hydrogen-bond donors (Lipinski definition) is 15. The summed E-state index contributed by atoms with van der Waals surface area (Å²) in [5.74, 6) is -12.9.